The van der Waals surface area contributed by atoms with Crippen molar-refractivity contribution in [2.24, 2.45) is 0 Å². The predicted octanol–water partition coefficient (Wildman–Crippen LogP) is 1.92. The Hall–Kier alpha value is -1.43. The number of thioether (sulfide) groups is 1. The number of urea groups is 1. The molecule has 0 spiro atoms. The molecule has 0 unspecified atom stereocenters. The van der Waals surface area contributed by atoms with Crippen molar-refractivity contribution in [2.45, 2.75) is 24.7 Å². The summed E-state index contributed by atoms with van der Waals surface area (Å²) in [6, 6.07) is 1.44. The lowest BCUT2D eigenvalue weighted by molar-refractivity contribution is -0.120. The second-order valence-electron chi connectivity index (χ2n) is 3.42. The molecular weight excluding hydrogens is 240 g/mol. The van der Waals surface area contributed by atoms with Gasteiger partial charge in [-0.3, -0.25) is 10.1 Å². The SMILES string of the molecule is CNC(=O)NC(=O)CCCSc1ccoc1C. The van der Waals surface area contributed by atoms with Gasteiger partial charge in [0.05, 0.1) is 6.26 Å². The number of nitrogens with one attached hydrogen (secondary N) is 2. The molecule has 94 valence electrons. The van der Waals surface area contributed by atoms with Crippen LogP contribution in [0, 0.1) is 6.92 Å². The maximum absolute atomic E-state index is 11.2. The van der Waals surface area contributed by atoms with E-state index in [1.165, 1.54) is 7.05 Å². The molecule has 2 N–H and O–H groups in total. The molecule has 1 aromatic heterocycles. The van der Waals surface area contributed by atoms with Gasteiger partial charge in [0.1, 0.15) is 5.76 Å². The van der Waals surface area contributed by atoms with Crippen molar-refractivity contribution in [3.63, 3.8) is 0 Å². The van der Waals surface area contributed by atoms with Crippen molar-refractivity contribution < 1.29 is 14.0 Å². The normalized spacial score (nSPS) is 10.0. The molecule has 0 aliphatic rings. The zero-order valence-electron chi connectivity index (χ0n) is 9.91. The van der Waals surface area contributed by atoms with E-state index in [0.717, 1.165) is 22.8 Å². The first kappa shape index (κ1) is 13.6. The van der Waals surface area contributed by atoms with Crippen LogP contribution in [0.1, 0.15) is 18.6 Å². The number of hydrogen-bond donors (Lipinski definition) is 2. The third-order valence-corrected chi connectivity index (χ3v) is 3.32. The summed E-state index contributed by atoms with van der Waals surface area (Å²) in [7, 11) is 1.47. The maximum Gasteiger partial charge on any atom is 0.321 e. The third kappa shape index (κ3) is 4.95. The van der Waals surface area contributed by atoms with Crippen LogP contribution in [0.25, 0.3) is 0 Å². The molecule has 0 bridgehead atoms. The second-order valence-corrected chi connectivity index (χ2v) is 4.56. The van der Waals surface area contributed by atoms with Gasteiger partial charge in [0.15, 0.2) is 0 Å². The zero-order chi connectivity index (χ0) is 12.7. The van der Waals surface area contributed by atoms with Crippen molar-refractivity contribution in [1.82, 2.24) is 10.6 Å². The molecule has 1 heterocycles. The summed E-state index contributed by atoms with van der Waals surface area (Å²) in [6.45, 7) is 1.90. The lowest BCUT2D eigenvalue weighted by Gasteiger charge is -2.02. The van der Waals surface area contributed by atoms with Crippen LogP contribution in [0.3, 0.4) is 0 Å². The highest BCUT2D eigenvalue weighted by atomic mass is 32.2. The van der Waals surface area contributed by atoms with Crippen molar-refractivity contribution in [3.05, 3.63) is 18.1 Å². The topological polar surface area (TPSA) is 71.3 Å². The average molecular weight is 256 g/mol. The van der Waals surface area contributed by atoms with Gasteiger partial charge in [0.2, 0.25) is 5.91 Å². The lowest BCUT2D eigenvalue weighted by Crippen LogP contribution is -2.37. The molecular formula is C11H16N2O3S. The van der Waals surface area contributed by atoms with E-state index in [-0.39, 0.29) is 5.91 Å². The lowest BCUT2D eigenvalue weighted by atomic mass is 10.3. The van der Waals surface area contributed by atoms with Crippen molar-refractivity contribution in [3.8, 4) is 0 Å². The minimum absolute atomic E-state index is 0.256. The van der Waals surface area contributed by atoms with E-state index in [0.29, 0.717) is 6.42 Å². The summed E-state index contributed by atoms with van der Waals surface area (Å²) in [4.78, 5) is 23.2. The van der Waals surface area contributed by atoms with E-state index in [4.69, 9.17) is 4.42 Å². The fourth-order valence-electron chi connectivity index (χ4n) is 1.19. The van der Waals surface area contributed by atoms with E-state index in [9.17, 15) is 9.59 Å². The number of hydrogen-bond acceptors (Lipinski definition) is 4. The smallest absolute Gasteiger partial charge is 0.321 e. The van der Waals surface area contributed by atoms with E-state index in [1.54, 1.807) is 18.0 Å². The highest BCUT2D eigenvalue weighted by Crippen LogP contribution is 2.23. The van der Waals surface area contributed by atoms with Gasteiger partial charge in [-0.25, -0.2) is 4.79 Å². The van der Waals surface area contributed by atoms with Gasteiger partial charge in [-0.15, -0.1) is 11.8 Å². The number of carbonyl (C=O) groups is 2. The predicted molar refractivity (Wildman–Crippen MR) is 66.0 cm³/mol. The van der Waals surface area contributed by atoms with E-state index < -0.39 is 6.03 Å². The quantitative estimate of drug-likeness (QED) is 0.623. The van der Waals surface area contributed by atoms with Gasteiger partial charge in [-0.2, -0.15) is 0 Å². The average Bonchev–Trinajstić information content (AvgIpc) is 2.70. The molecule has 5 nitrogen and oxygen atoms in total. The first-order chi connectivity index (χ1) is 8.13. The van der Waals surface area contributed by atoms with Crippen LogP contribution in [-0.4, -0.2) is 24.7 Å². The summed E-state index contributed by atoms with van der Waals surface area (Å²) >= 11 is 1.65. The standard InChI is InChI=1S/C11H16N2O3S/c1-8-9(5-6-16-8)17-7-3-4-10(14)13-11(15)12-2/h5-6H,3-4,7H2,1-2H3,(H2,12,13,14,15). The summed E-state index contributed by atoms with van der Waals surface area (Å²) in [5, 5.41) is 4.55. The van der Waals surface area contributed by atoms with Crippen molar-refractivity contribution in [1.29, 1.82) is 0 Å². The number of amides is 3. The van der Waals surface area contributed by atoms with E-state index >= 15 is 0 Å². The van der Waals surface area contributed by atoms with Gasteiger partial charge in [0, 0.05) is 18.4 Å². The Morgan fingerprint density at radius 2 is 2.24 bits per heavy atom. The highest BCUT2D eigenvalue weighted by Gasteiger charge is 2.06. The van der Waals surface area contributed by atoms with Gasteiger partial charge < -0.3 is 9.73 Å². The fourth-order valence-corrected chi connectivity index (χ4v) is 2.10. The van der Waals surface area contributed by atoms with Crippen LogP contribution < -0.4 is 10.6 Å². The van der Waals surface area contributed by atoms with Crippen LogP contribution in [0.5, 0.6) is 0 Å². The molecule has 17 heavy (non-hydrogen) atoms. The Balaban J connectivity index is 2.14. The van der Waals surface area contributed by atoms with Gasteiger partial charge in [-0.1, -0.05) is 0 Å². The number of furan rings is 1. The van der Waals surface area contributed by atoms with E-state index in [1.807, 2.05) is 13.0 Å². The Morgan fingerprint density at radius 1 is 1.47 bits per heavy atom. The molecule has 3 amide bonds. The van der Waals surface area contributed by atoms with Crippen LogP contribution in [-0.2, 0) is 4.79 Å². The van der Waals surface area contributed by atoms with Gasteiger partial charge >= 0.3 is 6.03 Å². The minimum atomic E-state index is -0.465. The van der Waals surface area contributed by atoms with E-state index in [2.05, 4.69) is 10.6 Å². The molecule has 0 aliphatic carbocycles. The second kappa shape index (κ2) is 7.01. The summed E-state index contributed by atoms with van der Waals surface area (Å²) in [5.41, 5.74) is 0. The molecule has 0 fully saturated rings. The number of aryl methyl sites for hydroxylation is 1. The Bertz CT molecular complexity index is 390. The van der Waals surface area contributed by atoms with Crippen LogP contribution in [0.2, 0.25) is 0 Å². The number of carbonyl (C=O) groups excluding carboxylic acids is 2. The summed E-state index contributed by atoms with van der Waals surface area (Å²) < 4.78 is 5.16. The first-order valence-electron chi connectivity index (χ1n) is 5.32. The largest absolute Gasteiger partial charge is 0.468 e. The monoisotopic (exact) mass is 256 g/mol. The third-order valence-electron chi connectivity index (χ3n) is 2.10. The first-order valence-corrected chi connectivity index (χ1v) is 6.30. The maximum atomic E-state index is 11.2. The Labute approximate surface area is 104 Å². The van der Waals surface area contributed by atoms with Crippen LogP contribution in [0.15, 0.2) is 21.6 Å². The molecule has 0 atom stereocenters. The minimum Gasteiger partial charge on any atom is -0.468 e. The molecule has 0 aliphatic heterocycles. The van der Waals surface area contributed by atoms with Gasteiger partial charge in [-0.05, 0) is 25.2 Å². The Morgan fingerprint density at radius 3 is 2.82 bits per heavy atom. The molecule has 1 aromatic rings. The highest BCUT2D eigenvalue weighted by molar-refractivity contribution is 7.99. The Kier molecular flexibility index (Phi) is 5.62. The van der Waals surface area contributed by atoms with Crippen LogP contribution >= 0.6 is 11.8 Å². The molecule has 0 aromatic carbocycles. The zero-order valence-corrected chi connectivity index (χ0v) is 10.7. The number of rotatable bonds is 5. The summed E-state index contributed by atoms with van der Waals surface area (Å²) in [5.74, 6) is 1.46. The molecule has 6 heteroatoms. The number of imide groups is 1. The molecule has 1 rings (SSSR count). The fraction of sp³-hybridized carbons (Fsp3) is 0.455. The molecule has 0 radical (unpaired) electrons. The van der Waals surface area contributed by atoms with Crippen molar-refractivity contribution >= 4 is 23.7 Å². The molecule has 0 saturated carbocycles. The van der Waals surface area contributed by atoms with Crippen LogP contribution in [0.4, 0.5) is 4.79 Å². The molecule has 0 saturated heterocycles. The van der Waals surface area contributed by atoms with Crippen molar-refractivity contribution in [2.75, 3.05) is 12.8 Å². The van der Waals surface area contributed by atoms with Gasteiger partial charge in [0.25, 0.3) is 0 Å². The summed E-state index contributed by atoms with van der Waals surface area (Å²) in [6.07, 6.45) is 2.71.